The van der Waals surface area contributed by atoms with Crippen molar-refractivity contribution in [2.75, 3.05) is 26.5 Å². The van der Waals surface area contributed by atoms with Gasteiger partial charge in [0.05, 0.1) is 5.75 Å². The Labute approximate surface area is 131 Å². The lowest BCUT2D eigenvalue weighted by Crippen LogP contribution is -2.23. The van der Waals surface area contributed by atoms with Gasteiger partial charge in [-0.1, -0.05) is 23.9 Å². The molecule has 0 radical (unpaired) electrons. The lowest BCUT2D eigenvalue weighted by Gasteiger charge is -2.23. The van der Waals surface area contributed by atoms with E-state index < -0.39 is 6.10 Å². The highest BCUT2D eigenvalue weighted by molar-refractivity contribution is 7.99. The van der Waals surface area contributed by atoms with E-state index in [1.165, 1.54) is 16.7 Å². The van der Waals surface area contributed by atoms with E-state index >= 15 is 0 Å². The summed E-state index contributed by atoms with van der Waals surface area (Å²) >= 11 is 1.20. The number of rotatable bonds is 4. The normalized spacial score (nSPS) is 16.4. The predicted octanol–water partition coefficient (Wildman–Crippen LogP) is 1.76. The quantitative estimate of drug-likeness (QED) is 0.794. The Bertz CT molecular complexity index is 674. The molecule has 0 bridgehead atoms. The van der Waals surface area contributed by atoms with Crippen LogP contribution in [-0.2, 0) is 4.79 Å². The third-order valence-electron chi connectivity index (χ3n) is 3.02. The second-order valence-corrected chi connectivity index (χ2v) is 5.77. The minimum absolute atomic E-state index is 0.0177. The highest BCUT2D eigenvalue weighted by Gasteiger charge is 2.27. The molecule has 1 aromatic carbocycles. The fourth-order valence-electron chi connectivity index (χ4n) is 1.80. The fourth-order valence-corrected chi connectivity index (χ4v) is 2.55. The van der Waals surface area contributed by atoms with E-state index in [-0.39, 0.29) is 11.7 Å². The molecule has 7 nitrogen and oxygen atoms in total. The first kappa shape index (κ1) is 14.7. The number of ether oxygens (including phenoxy) is 2. The lowest BCUT2D eigenvalue weighted by atomic mass is 10.2. The Morgan fingerprint density at radius 1 is 1.32 bits per heavy atom. The zero-order valence-corrected chi connectivity index (χ0v) is 13.0. The van der Waals surface area contributed by atoms with Crippen LogP contribution in [0.25, 0.3) is 0 Å². The van der Waals surface area contributed by atoms with Crippen LogP contribution in [0.15, 0.2) is 33.9 Å². The van der Waals surface area contributed by atoms with E-state index in [0.29, 0.717) is 29.2 Å². The van der Waals surface area contributed by atoms with Crippen LogP contribution in [0.3, 0.4) is 0 Å². The van der Waals surface area contributed by atoms with Gasteiger partial charge in [0.25, 0.3) is 11.1 Å². The second-order valence-electron chi connectivity index (χ2n) is 4.85. The molecule has 0 spiro atoms. The third-order valence-corrected chi connectivity index (χ3v) is 3.83. The molecule has 0 unspecified atom stereocenters. The molecule has 1 amide bonds. The molecule has 2 aromatic rings. The van der Waals surface area contributed by atoms with E-state index in [1.54, 1.807) is 14.1 Å². The number of carbonyl (C=O) groups is 1. The molecule has 0 fully saturated rings. The molecule has 116 valence electrons. The van der Waals surface area contributed by atoms with Gasteiger partial charge in [-0.15, -0.1) is 10.2 Å². The molecule has 1 aromatic heterocycles. The smallest absolute Gasteiger partial charge is 0.277 e. The summed E-state index contributed by atoms with van der Waals surface area (Å²) in [7, 11) is 3.40. The fraction of sp³-hybridized carbons (Fsp3) is 0.357. The molecule has 0 aliphatic carbocycles. The van der Waals surface area contributed by atoms with Crippen LogP contribution < -0.4 is 9.47 Å². The molecule has 0 saturated heterocycles. The van der Waals surface area contributed by atoms with Crippen molar-refractivity contribution in [3.05, 3.63) is 30.2 Å². The molecule has 3 rings (SSSR count). The minimum Gasteiger partial charge on any atom is -0.485 e. The number of benzene rings is 1. The Kier molecular flexibility index (Phi) is 4.19. The zero-order valence-electron chi connectivity index (χ0n) is 12.2. The van der Waals surface area contributed by atoms with Crippen molar-refractivity contribution in [1.82, 2.24) is 15.1 Å². The first-order valence-electron chi connectivity index (χ1n) is 6.68. The number of fused-ring (bicyclic) bond motifs is 1. The maximum atomic E-state index is 11.5. The van der Waals surface area contributed by atoms with E-state index in [0.717, 1.165) is 0 Å². The molecule has 2 heterocycles. The highest BCUT2D eigenvalue weighted by Crippen LogP contribution is 2.35. The van der Waals surface area contributed by atoms with Crippen molar-refractivity contribution >= 4 is 17.7 Å². The van der Waals surface area contributed by atoms with Gasteiger partial charge in [0.1, 0.15) is 6.61 Å². The number of para-hydroxylation sites is 2. The molecular formula is C14H15N3O4S. The van der Waals surface area contributed by atoms with Gasteiger partial charge in [-0.05, 0) is 12.1 Å². The average molecular weight is 321 g/mol. The summed E-state index contributed by atoms with van der Waals surface area (Å²) < 4.78 is 16.9. The van der Waals surface area contributed by atoms with Gasteiger partial charge in [-0.25, -0.2) is 0 Å². The van der Waals surface area contributed by atoms with Crippen molar-refractivity contribution < 1.29 is 18.7 Å². The average Bonchev–Trinajstić information content (AvgIpc) is 3.01. The van der Waals surface area contributed by atoms with E-state index in [9.17, 15) is 4.79 Å². The largest absolute Gasteiger partial charge is 0.485 e. The summed E-state index contributed by atoms with van der Waals surface area (Å²) in [6, 6.07) is 7.41. The number of hydrogen-bond acceptors (Lipinski definition) is 7. The lowest BCUT2D eigenvalue weighted by molar-refractivity contribution is -0.125. The number of aromatic nitrogens is 2. The number of carbonyl (C=O) groups excluding carboxylic acids is 1. The molecule has 1 aliphatic heterocycles. The zero-order chi connectivity index (χ0) is 15.5. The maximum absolute atomic E-state index is 11.5. The van der Waals surface area contributed by atoms with Crippen LogP contribution in [0.2, 0.25) is 0 Å². The number of amides is 1. The van der Waals surface area contributed by atoms with E-state index in [4.69, 9.17) is 13.9 Å². The minimum atomic E-state index is -0.443. The second kappa shape index (κ2) is 6.27. The van der Waals surface area contributed by atoms with E-state index in [1.807, 2.05) is 24.3 Å². The standard InChI is InChI=1S/C14H15N3O4S/c1-17(2)12(18)8-22-14-16-15-13(21-14)11-7-19-9-5-3-4-6-10(9)20-11/h3-6,11H,7-8H2,1-2H3/t11-/m1/s1. The van der Waals surface area contributed by atoms with Crippen molar-refractivity contribution in [2.45, 2.75) is 11.3 Å². The van der Waals surface area contributed by atoms with E-state index in [2.05, 4.69) is 10.2 Å². The van der Waals surface area contributed by atoms with Gasteiger partial charge in [0.2, 0.25) is 12.0 Å². The summed E-state index contributed by atoms with van der Waals surface area (Å²) in [6.07, 6.45) is -0.443. The van der Waals surface area contributed by atoms with Crippen LogP contribution in [0, 0.1) is 0 Å². The van der Waals surface area contributed by atoms with Crippen LogP contribution in [-0.4, -0.2) is 47.5 Å². The SMILES string of the molecule is CN(C)C(=O)CSc1nnc([C@H]2COc3ccccc3O2)o1. The Morgan fingerprint density at radius 2 is 2.09 bits per heavy atom. The first-order valence-corrected chi connectivity index (χ1v) is 7.67. The Balaban J connectivity index is 1.64. The summed E-state index contributed by atoms with van der Waals surface area (Å²) in [6.45, 7) is 0.305. The van der Waals surface area contributed by atoms with Crippen molar-refractivity contribution in [3.8, 4) is 11.5 Å². The topological polar surface area (TPSA) is 77.7 Å². The molecule has 1 aliphatic rings. The summed E-state index contributed by atoms with van der Waals surface area (Å²) in [5.74, 6) is 1.92. The molecular weight excluding hydrogens is 306 g/mol. The molecule has 22 heavy (non-hydrogen) atoms. The van der Waals surface area contributed by atoms with Gasteiger partial charge in [-0.3, -0.25) is 4.79 Å². The number of nitrogens with zero attached hydrogens (tertiary/aromatic N) is 3. The highest BCUT2D eigenvalue weighted by atomic mass is 32.2. The van der Waals surface area contributed by atoms with Gasteiger partial charge in [-0.2, -0.15) is 0 Å². The molecule has 1 atom stereocenters. The van der Waals surface area contributed by atoms with Crippen LogP contribution in [0.1, 0.15) is 12.0 Å². The summed E-state index contributed by atoms with van der Waals surface area (Å²) in [5, 5.41) is 8.23. The monoisotopic (exact) mass is 321 g/mol. The van der Waals surface area contributed by atoms with Crippen LogP contribution in [0.4, 0.5) is 0 Å². The van der Waals surface area contributed by atoms with Gasteiger partial charge < -0.3 is 18.8 Å². The van der Waals surface area contributed by atoms with Crippen LogP contribution >= 0.6 is 11.8 Å². The Hall–Kier alpha value is -2.22. The maximum Gasteiger partial charge on any atom is 0.277 e. The molecule has 8 heteroatoms. The van der Waals surface area contributed by atoms with Crippen LogP contribution in [0.5, 0.6) is 11.5 Å². The van der Waals surface area contributed by atoms with Gasteiger partial charge in [0, 0.05) is 14.1 Å². The molecule has 0 N–H and O–H groups in total. The Morgan fingerprint density at radius 3 is 2.86 bits per heavy atom. The number of thioether (sulfide) groups is 1. The van der Waals surface area contributed by atoms with Crippen molar-refractivity contribution in [2.24, 2.45) is 0 Å². The van der Waals surface area contributed by atoms with Crippen molar-refractivity contribution in [1.29, 1.82) is 0 Å². The van der Waals surface area contributed by atoms with Crippen molar-refractivity contribution in [3.63, 3.8) is 0 Å². The summed E-state index contributed by atoms with van der Waals surface area (Å²) in [4.78, 5) is 13.0. The predicted molar refractivity (Wildman–Crippen MR) is 79.0 cm³/mol. The first-order chi connectivity index (χ1) is 10.6. The molecule has 0 saturated carbocycles. The van der Waals surface area contributed by atoms with Gasteiger partial charge >= 0.3 is 0 Å². The number of hydrogen-bond donors (Lipinski definition) is 0. The summed E-state index contributed by atoms with van der Waals surface area (Å²) in [5.41, 5.74) is 0. The third kappa shape index (κ3) is 3.16. The van der Waals surface area contributed by atoms with Gasteiger partial charge in [0.15, 0.2) is 11.5 Å².